The van der Waals surface area contributed by atoms with E-state index in [0.29, 0.717) is 12.4 Å². The van der Waals surface area contributed by atoms with Crippen molar-refractivity contribution in [1.29, 1.82) is 0 Å². The fourth-order valence-corrected chi connectivity index (χ4v) is 2.59. The molecule has 0 spiro atoms. The van der Waals surface area contributed by atoms with Crippen molar-refractivity contribution in [3.05, 3.63) is 88.7 Å². The van der Waals surface area contributed by atoms with E-state index < -0.39 is 5.79 Å². The summed E-state index contributed by atoms with van der Waals surface area (Å²) < 4.78 is 28.3. The van der Waals surface area contributed by atoms with Gasteiger partial charge in [0.15, 0.2) is 0 Å². The van der Waals surface area contributed by atoms with Gasteiger partial charge >= 0.3 is 0 Å². The zero-order chi connectivity index (χ0) is 16.3. The Hall–Kier alpha value is -2.40. The van der Waals surface area contributed by atoms with E-state index in [-0.39, 0.29) is 16.4 Å². The normalized spacial score (nSPS) is 19.9. The third-order valence-corrected chi connectivity index (χ3v) is 3.74. The van der Waals surface area contributed by atoms with Gasteiger partial charge in [0.2, 0.25) is 5.79 Å². The lowest BCUT2D eigenvalue weighted by Gasteiger charge is -2.29. The fourth-order valence-electron chi connectivity index (χ4n) is 2.33. The molecule has 23 heavy (non-hydrogen) atoms. The highest BCUT2D eigenvalue weighted by Crippen LogP contribution is 2.32. The average molecular weight is 334 g/mol. The zero-order valence-electron chi connectivity index (χ0n) is 12.1. The number of hydrogen-bond donors (Lipinski definition) is 2. The number of allylic oxidation sites excluding steroid dienone is 2. The van der Waals surface area contributed by atoms with Crippen LogP contribution in [-0.2, 0) is 12.3 Å². The van der Waals surface area contributed by atoms with Crippen molar-refractivity contribution in [2.45, 2.75) is 12.3 Å². The van der Waals surface area contributed by atoms with Crippen molar-refractivity contribution in [1.82, 2.24) is 15.6 Å². The highest BCUT2D eigenvalue weighted by atomic mass is 35.5. The second-order valence-corrected chi connectivity index (χ2v) is 5.52. The van der Waals surface area contributed by atoms with E-state index in [1.807, 2.05) is 0 Å². The van der Waals surface area contributed by atoms with Gasteiger partial charge in [0.25, 0.3) is 0 Å². The molecule has 2 aromatic rings. The maximum absolute atomic E-state index is 15.2. The molecule has 0 radical (unpaired) electrons. The lowest BCUT2D eigenvalue weighted by atomic mass is 10.0. The Bertz CT molecular complexity index is 776. The number of aromatic nitrogens is 1. The molecule has 0 saturated carbocycles. The van der Waals surface area contributed by atoms with Gasteiger partial charge < -0.3 is 10.6 Å². The SMILES string of the molecule is Fc1cccc(CNC2=CC=CC(F)(c3ccncc3Cl)N2)c1. The number of benzene rings is 1. The topological polar surface area (TPSA) is 37.0 Å². The molecular weight excluding hydrogens is 320 g/mol. The molecule has 1 aromatic heterocycles. The molecule has 0 bridgehead atoms. The van der Waals surface area contributed by atoms with E-state index in [0.717, 1.165) is 5.56 Å². The Morgan fingerprint density at radius 3 is 2.96 bits per heavy atom. The van der Waals surface area contributed by atoms with Crippen LogP contribution in [0, 0.1) is 5.82 Å². The van der Waals surface area contributed by atoms with Crippen molar-refractivity contribution in [3.8, 4) is 0 Å². The molecule has 1 aliphatic heterocycles. The summed E-state index contributed by atoms with van der Waals surface area (Å²) in [5.41, 5.74) is 1.04. The summed E-state index contributed by atoms with van der Waals surface area (Å²) in [6.07, 6.45) is 7.55. The first-order valence-electron chi connectivity index (χ1n) is 7.02. The number of dihydropyridines is 1. The molecule has 118 valence electrons. The van der Waals surface area contributed by atoms with Gasteiger partial charge in [-0.25, -0.2) is 8.78 Å². The van der Waals surface area contributed by atoms with Gasteiger partial charge in [0, 0.05) is 24.5 Å². The molecule has 2 heterocycles. The molecule has 0 aliphatic carbocycles. The van der Waals surface area contributed by atoms with E-state index in [1.165, 1.54) is 36.7 Å². The number of halogens is 3. The van der Waals surface area contributed by atoms with E-state index in [4.69, 9.17) is 11.6 Å². The maximum Gasteiger partial charge on any atom is 0.228 e. The molecule has 1 unspecified atom stereocenters. The summed E-state index contributed by atoms with van der Waals surface area (Å²) in [6, 6.07) is 7.75. The first-order chi connectivity index (χ1) is 11.1. The Morgan fingerprint density at radius 1 is 1.30 bits per heavy atom. The van der Waals surface area contributed by atoms with Crippen LogP contribution >= 0.6 is 11.6 Å². The predicted octanol–water partition coefficient (Wildman–Crippen LogP) is 3.79. The monoisotopic (exact) mass is 333 g/mol. The van der Waals surface area contributed by atoms with Gasteiger partial charge in [-0.2, -0.15) is 0 Å². The summed E-state index contributed by atoms with van der Waals surface area (Å²) in [6.45, 7) is 0.366. The molecule has 6 heteroatoms. The number of rotatable bonds is 4. The van der Waals surface area contributed by atoms with Crippen LogP contribution in [0.25, 0.3) is 0 Å². The van der Waals surface area contributed by atoms with Crippen LogP contribution in [0.1, 0.15) is 11.1 Å². The van der Waals surface area contributed by atoms with E-state index in [1.54, 1.807) is 24.3 Å². The van der Waals surface area contributed by atoms with Crippen LogP contribution in [0.3, 0.4) is 0 Å². The van der Waals surface area contributed by atoms with E-state index in [2.05, 4.69) is 15.6 Å². The molecule has 1 aromatic carbocycles. The maximum atomic E-state index is 15.2. The Labute approximate surface area is 137 Å². The minimum Gasteiger partial charge on any atom is -0.368 e. The number of alkyl halides is 1. The summed E-state index contributed by atoms with van der Waals surface area (Å²) in [5.74, 6) is -1.76. The van der Waals surface area contributed by atoms with Crippen molar-refractivity contribution >= 4 is 11.6 Å². The van der Waals surface area contributed by atoms with E-state index in [9.17, 15) is 4.39 Å². The van der Waals surface area contributed by atoms with E-state index >= 15 is 4.39 Å². The standard InChI is InChI=1S/C17H14ClF2N3/c18-15-11-21-8-6-14(15)17(20)7-2-5-16(23-17)22-10-12-3-1-4-13(19)9-12/h1-9,11,22-23H,10H2. The third kappa shape index (κ3) is 3.51. The molecular formula is C17H14ClF2N3. The van der Waals surface area contributed by atoms with Gasteiger partial charge in [-0.1, -0.05) is 29.8 Å². The highest BCUT2D eigenvalue weighted by Gasteiger charge is 2.33. The number of hydrogen-bond acceptors (Lipinski definition) is 3. The lowest BCUT2D eigenvalue weighted by Crippen LogP contribution is -2.42. The van der Waals surface area contributed by atoms with Crippen LogP contribution < -0.4 is 10.6 Å². The second-order valence-electron chi connectivity index (χ2n) is 5.12. The molecule has 3 nitrogen and oxygen atoms in total. The van der Waals surface area contributed by atoms with Crippen LogP contribution in [0.5, 0.6) is 0 Å². The third-order valence-electron chi connectivity index (χ3n) is 3.44. The summed E-state index contributed by atoms with van der Waals surface area (Å²) in [7, 11) is 0. The van der Waals surface area contributed by atoms with Crippen LogP contribution in [-0.4, -0.2) is 4.98 Å². The van der Waals surface area contributed by atoms with Crippen LogP contribution in [0.2, 0.25) is 5.02 Å². The Balaban J connectivity index is 1.72. The summed E-state index contributed by atoms with van der Waals surface area (Å²) >= 11 is 6.03. The predicted molar refractivity (Wildman–Crippen MR) is 85.6 cm³/mol. The Kier molecular flexibility index (Phi) is 4.30. The first-order valence-corrected chi connectivity index (χ1v) is 7.39. The van der Waals surface area contributed by atoms with Crippen molar-refractivity contribution in [2.24, 2.45) is 0 Å². The molecule has 2 N–H and O–H groups in total. The fraction of sp³-hybridized carbons (Fsp3) is 0.118. The lowest BCUT2D eigenvalue weighted by molar-refractivity contribution is 0.188. The van der Waals surface area contributed by atoms with Crippen LogP contribution in [0.15, 0.2) is 66.8 Å². The minimum atomic E-state index is -1.93. The summed E-state index contributed by atoms with van der Waals surface area (Å²) in [5, 5.41) is 6.04. The summed E-state index contributed by atoms with van der Waals surface area (Å²) in [4.78, 5) is 3.86. The first kappa shape index (κ1) is 15.5. The minimum absolute atomic E-state index is 0.235. The van der Waals surface area contributed by atoms with Gasteiger partial charge in [-0.05, 0) is 35.9 Å². The quantitative estimate of drug-likeness (QED) is 0.836. The van der Waals surface area contributed by atoms with Gasteiger partial charge in [0.05, 0.1) is 5.02 Å². The molecule has 1 aliphatic rings. The highest BCUT2D eigenvalue weighted by molar-refractivity contribution is 6.31. The van der Waals surface area contributed by atoms with Gasteiger partial charge in [-0.15, -0.1) is 0 Å². The molecule has 0 amide bonds. The molecule has 3 rings (SSSR count). The number of nitrogens with zero attached hydrogens (tertiary/aromatic N) is 1. The van der Waals surface area contributed by atoms with Crippen LogP contribution in [0.4, 0.5) is 8.78 Å². The average Bonchev–Trinajstić information content (AvgIpc) is 2.53. The second kappa shape index (κ2) is 6.38. The van der Waals surface area contributed by atoms with Crippen molar-refractivity contribution in [3.63, 3.8) is 0 Å². The number of pyridine rings is 1. The van der Waals surface area contributed by atoms with Crippen molar-refractivity contribution < 1.29 is 8.78 Å². The molecule has 0 saturated heterocycles. The number of nitrogens with one attached hydrogen (secondary N) is 2. The largest absolute Gasteiger partial charge is 0.368 e. The Morgan fingerprint density at radius 2 is 2.17 bits per heavy atom. The van der Waals surface area contributed by atoms with Gasteiger partial charge in [0.1, 0.15) is 11.6 Å². The zero-order valence-corrected chi connectivity index (χ0v) is 12.8. The molecule has 0 fully saturated rings. The smallest absolute Gasteiger partial charge is 0.228 e. The van der Waals surface area contributed by atoms with Gasteiger partial charge in [-0.3, -0.25) is 4.98 Å². The molecule has 1 atom stereocenters. The van der Waals surface area contributed by atoms with Crippen molar-refractivity contribution in [2.75, 3.05) is 0 Å².